The van der Waals surface area contributed by atoms with Gasteiger partial charge in [-0.3, -0.25) is 0 Å². The van der Waals surface area contributed by atoms with Gasteiger partial charge in [-0.1, -0.05) is 74.7 Å². The summed E-state index contributed by atoms with van der Waals surface area (Å²) in [6, 6.07) is 18.3. The van der Waals surface area contributed by atoms with Crippen LogP contribution in [0.15, 0.2) is 48.5 Å². The molecule has 0 heterocycles. The average Bonchev–Trinajstić information content (AvgIpc) is 2.78. The van der Waals surface area contributed by atoms with Crippen molar-refractivity contribution in [2.75, 3.05) is 0 Å². The molecule has 23 heavy (non-hydrogen) atoms. The molecule has 1 aliphatic carbocycles. The van der Waals surface area contributed by atoms with Gasteiger partial charge in [0.2, 0.25) is 0 Å². The molecule has 0 N–H and O–H groups in total. The lowest BCUT2D eigenvalue weighted by molar-refractivity contribution is 0.956. The normalized spacial score (nSPS) is 14.9. The molecule has 0 heteroatoms. The zero-order valence-electron chi connectivity index (χ0n) is 14.9. The van der Waals surface area contributed by atoms with Gasteiger partial charge in [-0.05, 0) is 59.0 Å². The summed E-state index contributed by atoms with van der Waals surface area (Å²) < 4.78 is 0. The maximum absolute atomic E-state index is 2.39. The Labute approximate surface area is 140 Å². The fraction of sp³-hybridized carbons (Fsp3) is 0.304. The van der Waals surface area contributed by atoms with Crippen LogP contribution in [0.5, 0.6) is 0 Å². The summed E-state index contributed by atoms with van der Waals surface area (Å²) >= 11 is 0. The lowest BCUT2D eigenvalue weighted by Crippen LogP contribution is -1.90. The maximum Gasteiger partial charge on any atom is 0.00736 e. The van der Waals surface area contributed by atoms with Crippen molar-refractivity contribution in [2.24, 2.45) is 0 Å². The lowest BCUT2D eigenvalue weighted by Gasteiger charge is -2.08. The van der Waals surface area contributed by atoms with E-state index in [1.165, 1.54) is 50.6 Å². The first-order chi connectivity index (χ1) is 11.0. The fourth-order valence-corrected chi connectivity index (χ4v) is 3.48. The van der Waals surface area contributed by atoms with E-state index in [0.717, 1.165) is 0 Å². The molecule has 0 saturated carbocycles. The van der Waals surface area contributed by atoms with Crippen LogP contribution >= 0.6 is 0 Å². The molecule has 0 saturated heterocycles. The first kappa shape index (κ1) is 15.8. The molecular weight excluding hydrogens is 276 g/mol. The zero-order chi connectivity index (χ0) is 16.6. The van der Waals surface area contributed by atoms with E-state index in [1.807, 2.05) is 0 Å². The molecule has 0 nitrogen and oxygen atoms in total. The van der Waals surface area contributed by atoms with Crippen LogP contribution in [0.3, 0.4) is 0 Å². The maximum atomic E-state index is 2.39. The van der Waals surface area contributed by atoms with E-state index in [9.17, 15) is 0 Å². The summed E-state index contributed by atoms with van der Waals surface area (Å²) in [4.78, 5) is 0. The molecule has 0 aliphatic heterocycles. The third-order valence-corrected chi connectivity index (χ3v) is 4.59. The van der Waals surface area contributed by atoms with E-state index in [-0.39, 0.29) is 0 Å². The first-order valence-electron chi connectivity index (χ1n) is 8.70. The molecule has 118 valence electrons. The summed E-state index contributed by atoms with van der Waals surface area (Å²) in [6.07, 6.45) is 1.25. The van der Waals surface area contributed by atoms with E-state index >= 15 is 0 Å². The molecule has 0 radical (unpaired) electrons. The van der Waals surface area contributed by atoms with E-state index < -0.39 is 0 Å². The number of aryl methyl sites for hydroxylation is 2. The molecular formula is C23H26. The van der Waals surface area contributed by atoms with Gasteiger partial charge in [0.25, 0.3) is 0 Å². The highest BCUT2D eigenvalue weighted by Crippen LogP contribution is 2.46. The summed E-state index contributed by atoms with van der Waals surface area (Å²) in [6.45, 7) is 10.9. The largest absolute Gasteiger partial charge is 0.0656 e. The average molecular weight is 302 g/mol. The van der Waals surface area contributed by atoms with Crippen LogP contribution in [-0.2, 0) is 0 Å². The summed E-state index contributed by atoms with van der Waals surface area (Å²) in [5, 5.41) is 2.70. The van der Waals surface area contributed by atoms with E-state index in [1.54, 1.807) is 0 Å². The highest BCUT2D eigenvalue weighted by atomic mass is 14.3. The van der Waals surface area contributed by atoms with Gasteiger partial charge < -0.3 is 0 Å². The van der Waals surface area contributed by atoms with E-state index in [4.69, 9.17) is 0 Å². The Kier molecular flexibility index (Phi) is 4.26. The number of rotatable bonds is 0. The van der Waals surface area contributed by atoms with Crippen LogP contribution < -0.4 is 0 Å². The van der Waals surface area contributed by atoms with Gasteiger partial charge in [-0.2, -0.15) is 0 Å². The highest BCUT2D eigenvalue weighted by molar-refractivity contribution is 5.93. The van der Waals surface area contributed by atoms with Crippen LogP contribution in [-0.4, -0.2) is 0 Å². The molecule has 0 amide bonds. The molecule has 3 aromatic carbocycles. The number of hydrogen-bond acceptors (Lipinski definition) is 0. The Morgan fingerprint density at radius 2 is 1.30 bits per heavy atom. The van der Waals surface area contributed by atoms with Gasteiger partial charge in [-0.25, -0.2) is 0 Å². The van der Waals surface area contributed by atoms with Crippen molar-refractivity contribution >= 4 is 10.8 Å². The van der Waals surface area contributed by atoms with Crippen molar-refractivity contribution < 1.29 is 0 Å². The predicted octanol–water partition coefficient (Wildman–Crippen LogP) is 7.01. The molecule has 1 aliphatic rings. The van der Waals surface area contributed by atoms with E-state index in [0.29, 0.717) is 5.92 Å². The third-order valence-electron chi connectivity index (χ3n) is 4.59. The number of fused-ring (bicyclic) bond motifs is 4. The summed E-state index contributed by atoms with van der Waals surface area (Å²) in [7, 11) is 0. The second-order valence-corrected chi connectivity index (χ2v) is 6.81. The Bertz CT molecular complexity index is 855. The van der Waals surface area contributed by atoms with Crippen molar-refractivity contribution in [1.82, 2.24) is 0 Å². The quantitative estimate of drug-likeness (QED) is 0.419. The monoisotopic (exact) mass is 302 g/mol. The van der Waals surface area contributed by atoms with Crippen LogP contribution in [0, 0.1) is 13.8 Å². The van der Waals surface area contributed by atoms with Gasteiger partial charge in [0.1, 0.15) is 0 Å². The second kappa shape index (κ2) is 6.20. The molecule has 0 bridgehead atoms. The Balaban J connectivity index is 0.000000485. The highest BCUT2D eigenvalue weighted by Gasteiger charge is 2.25. The molecule has 0 spiro atoms. The minimum absolute atomic E-state index is 0.504. The molecule has 0 fully saturated rings. The number of hydrogen-bond donors (Lipinski definition) is 0. The Morgan fingerprint density at radius 3 is 2.04 bits per heavy atom. The van der Waals surface area contributed by atoms with Crippen LogP contribution in [0.25, 0.3) is 21.9 Å². The molecule has 3 aromatic rings. The smallest absolute Gasteiger partial charge is 0.00736 e. The van der Waals surface area contributed by atoms with Gasteiger partial charge in [-0.15, -0.1) is 0 Å². The number of benzene rings is 3. The van der Waals surface area contributed by atoms with Crippen molar-refractivity contribution in [3.8, 4) is 11.1 Å². The minimum Gasteiger partial charge on any atom is -0.0656 e. The summed E-state index contributed by atoms with van der Waals surface area (Å²) in [5.41, 5.74) is 8.47. The van der Waals surface area contributed by atoms with Gasteiger partial charge in [0, 0.05) is 5.92 Å². The standard InChI is InChI=1S/C20H18.C3H8/c1-12-4-6-15-10-20-17-7-5-13(2)9-18(17)14(3)19(20)11-16(15)8-12;1-3-2/h4-11,14H,1-3H3;3H2,1-2H3. The van der Waals surface area contributed by atoms with Gasteiger partial charge in [0.05, 0.1) is 0 Å². The van der Waals surface area contributed by atoms with Crippen LogP contribution in [0.1, 0.15) is 55.4 Å². The van der Waals surface area contributed by atoms with Gasteiger partial charge >= 0.3 is 0 Å². The molecule has 1 unspecified atom stereocenters. The molecule has 0 aromatic heterocycles. The molecule has 4 rings (SSSR count). The SMILES string of the molecule is CCC.Cc1ccc2c(c1)C(C)c1cc3cc(C)ccc3cc1-2. The van der Waals surface area contributed by atoms with Crippen LogP contribution in [0.4, 0.5) is 0 Å². The zero-order valence-corrected chi connectivity index (χ0v) is 14.9. The lowest BCUT2D eigenvalue weighted by atomic mass is 9.96. The second-order valence-electron chi connectivity index (χ2n) is 6.81. The topological polar surface area (TPSA) is 0 Å². The Hall–Kier alpha value is -2.08. The van der Waals surface area contributed by atoms with Crippen LogP contribution in [0.2, 0.25) is 0 Å². The van der Waals surface area contributed by atoms with Crippen molar-refractivity contribution in [3.05, 3.63) is 70.8 Å². The van der Waals surface area contributed by atoms with Crippen molar-refractivity contribution in [3.63, 3.8) is 0 Å². The first-order valence-corrected chi connectivity index (χ1v) is 8.70. The van der Waals surface area contributed by atoms with E-state index in [2.05, 4.69) is 83.1 Å². The van der Waals surface area contributed by atoms with Crippen molar-refractivity contribution in [2.45, 2.75) is 47.0 Å². The third kappa shape index (κ3) is 2.79. The molecule has 1 atom stereocenters. The summed E-state index contributed by atoms with van der Waals surface area (Å²) in [5.74, 6) is 0.504. The minimum atomic E-state index is 0.504. The Morgan fingerprint density at radius 1 is 0.696 bits per heavy atom. The van der Waals surface area contributed by atoms with Crippen molar-refractivity contribution in [1.29, 1.82) is 0 Å². The predicted molar refractivity (Wildman–Crippen MR) is 102 cm³/mol. The van der Waals surface area contributed by atoms with Gasteiger partial charge in [0.15, 0.2) is 0 Å². The fourth-order valence-electron chi connectivity index (χ4n) is 3.48.